The number of hydrogen-bond acceptors (Lipinski definition) is 3. The van der Waals surface area contributed by atoms with E-state index in [2.05, 4.69) is 4.98 Å². The molecule has 0 spiro atoms. The van der Waals surface area contributed by atoms with Gasteiger partial charge in [0.15, 0.2) is 0 Å². The Kier molecular flexibility index (Phi) is 3.29. The molecule has 2 aromatic rings. The van der Waals surface area contributed by atoms with Crippen molar-refractivity contribution in [2.75, 3.05) is 0 Å². The van der Waals surface area contributed by atoms with Gasteiger partial charge in [0.25, 0.3) is 0 Å². The van der Waals surface area contributed by atoms with Crippen LogP contribution in [0.1, 0.15) is 5.01 Å². The van der Waals surface area contributed by atoms with Gasteiger partial charge in [-0.2, -0.15) is 22.0 Å². The van der Waals surface area contributed by atoms with Gasteiger partial charge in [-0.3, -0.25) is 4.79 Å². The van der Waals surface area contributed by atoms with Crippen LogP contribution in [0, 0.1) is 0 Å². The normalized spacial score (nSPS) is 12.9. The molecule has 0 saturated carbocycles. The van der Waals surface area contributed by atoms with Crippen LogP contribution in [0.25, 0.3) is 10.2 Å². The Bertz CT molecular complexity index is 586. The lowest BCUT2D eigenvalue weighted by atomic mass is 10.1. The van der Waals surface area contributed by atoms with Crippen molar-refractivity contribution in [3.63, 3.8) is 0 Å². The number of carbonyl (C=O) groups excluding carboxylic acids is 1. The molecule has 19 heavy (non-hydrogen) atoms. The van der Waals surface area contributed by atoms with E-state index in [1.807, 2.05) is 0 Å². The molecule has 0 amide bonds. The second-order valence-electron chi connectivity index (χ2n) is 3.75. The Hall–Kier alpha value is -1.57. The molecule has 0 aliphatic heterocycles. The molecule has 0 atom stereocenters. The van der Waals surface area contributed by atoms with Gasteiger partial charge in [-0.05, 0) is 12.1 Å². The number of benzene rings is 1. The summed E-state index contributed by atoms with van der Waals surface area (Å²) in [5.41, 5.74) is 0.464. The zero-order valence-electron chi connectivity index (χ0n) is 9.17. The number of nitrogens with zero attached hydrogens (tertiary/aromatic N) is 1. The van der Waals surface area contributed by atoms with E-state index in [1.54, 1.807) is 24.3 Å². The largest absolute Gasteiger partial charge is 0.461 e. The number of carbonyl (C=O) groups is 1. The molecule has 0 N–H and O–H groups in total. The predicted octanol–water partition coefficient (Wildman–Crippen LogP) is 3.61. The quantitative estimate of drug-likeness (QED) is 0.810. The van der Waals surface area contributed by atoms with Gasteiger partial charge in [-0.15, -0.1) is 11.3 Å². The third-order valence-corrected chi connectivity index (χ3v) is 3.39. The van der Waals surface area contributed by atoms with E-state index in [-0.39, 0.29) is 5.01 Å². The molecule has 1 heterocycles. The van der Waals surface area contributed by atoms with Crippen molar-refractivity contribution in [2.45, 2.75) is 18.5 Å². The number of rotatable bonds is 3. The Morgan fingerprint density at radius 2 is 1.79 bits per heavy atom. The smallest absolute Gasteiger partial charge is 0.292 e. The first-order chi connectivity index (χ1) is 8.72. The average molecular weight is 295 g/mol. The molecule has 0 radical (unpaired) electrons. The summed E-state index contributed by atoms with van der Waals surface area (Å²) >= 11 is 0.920. The van der Waals surface area contributed by atoms with E-state index in [1.165, 1.54) is 0 Å². The van der Waals surface area contributed by atoms with Crippen LogP contribution in [0.15, 0.2) is 24.3 Å². The average Bonchev–Trinajstić information content (AvgIpc) is 2.69. The lowest BCUT2D eigenvalue weighted by molar-refractivity contribution is -0.268. The summed E-state index contributed by atoms with van der Waals surface area (Å²) in [6.45, 7) is 0. The summed E-state index contributed by atoms with van der Waals surface area (Å²) in [4.78, 5) is 14.9. The second kappa shape index (κ2) is 4.52. The first-order valence-corrected chi connectivity index (χ1v) is 5.86. The first kappa shape index (κ1) is 13.9. The van der Waals surface area contributed by atoms with Crippen LogP contribution in [-0.4, -0.2) is 22.9 Å². The molecule has 8 heteroatoms. The maximum absolute atomic E-state index is 12.8. The van der Waals surface area contributed by atoms with Gasteiger partial charge < -0.3 is 0 Å². The van der Waals surface area contributed by atoms with Crippen LogP contribution >= 0.6 is 11.3 Å². The van der Waals surface area contributed by atoms with Gasteiger partial charge in [-0.25, -0.2) is 4.98 Å². The summed E-state index contributed by atoms with van der Waals surface area (Å²) in [7, 11) is 0. The molecule has 0 unspecified atom stereocenters. The zero-order valence-corrected chi connectivity index (χ0v) is 9.99. The van der Waals surface area contributed by atoms with Crippen LogP contribution < -0.4 is 0 Å². The highest BCUT2D eigenvalue weighted by Gasteiger charge is 2.62. The van der Waals surface area contributed by atoms with Crippen LogP contribution in [0.4, 0.5) is 22.0 Å². The van der Waals surface area contributed by atoms with Gasteiger partial charge in [0, 0.05) is 0 Å². The van der Waals surface area contributed by atoms with Crippen molar-refractivity contribution in [1.82, 2.24) is 4.98 Å². The lowest BCUT2D eigenvalue weighted by Gasteiger charge is -2.17. The molecule has 1 aromatic carbocycles. The lowest BCUT2D eigenvalue weighted by Crippen LogP contribution is -2.44. The molecule has 1 aromatic heterocycles. The third kappa shape index (κ3) is 2.58. The summed E-state index contributed by atoms with van der Waals surface area (Å²) in [5.74, 6) is -7.54. The number of aromatic nitrogens is 1. The fourth-order valence-electron chi connectivity index (χ4n) is 1.40. The topological polar surface area (TPSA) is 30.0 Å². The van der Waals surface area contributed by atoms with Crippen molar-refractivity contribution in [1.29, 1.82) is 0 Å². The molecule has 2 nitrogen and oxygen atoms in total. The van der Waals surface area contributed by atoms with Crippen molar-refractivity contribution in [2.24, 2.45) is 0 Å². The first-order valence-electron chi connectivity index (χ1n) is 5.04. The number of thiazole rings is 1. The van der Waals surface area contributed by atoms with E-state index < -0.39 is 24.3 Å². The minimum Gasteiger partial charge on any atom is -0.292 e. The maximum atomic E-state index is 12.8. The fraction of sp³-hybridized carbons (Fsp3) is 0.273. The monoisotopic (exact) mass is 295 g/mol. The van der Waals surface area contributed by atoms with E-state index in [0.29, 0.717) is 10.2 Å². The summed E-state index contributed by atoms with van der Waals surface area (Å²) in [6.07, 6.45) is -6.91. The van der Waals surface area contributed by atoms with Crippen LogP contribution in [0.5, 0.6) is 0 Å². The van der Waals surface area contributed by atoms with Crippen LogP contribution in [-0.2, 0) is 11.2 Å². The third-order valence-electron chi connectivity index (χ3n) is 2.36. The Morgan fingerprint density at radius 1 is 1.16 bits per heavy atom. The predicted molar refractivity (Wildman–Crippen MR) is 59.3 cm³/mol. The molecular weight excluding hydrogens is 289 g/mol. The van der Waals surface area contributed by atoms with Gasteiger partial charge in [-0.1, -0.05) is 12.1 Å². The van der Waals surface area contributed by atoms with E-state index in [0.717, 1.165) is 11.3 Å². The summed E-state index contributed by atoms with van der Waals surface area (Å²) < 4.78 is 62.2. The van der Waals surface area contributed by atoms with E-state index in [4.69, 9.17) is 0 Å². The van der Waals surface area contributed by atoms with Crippen LogP contribution in [0.3, 0.4) is 0 Å². The highest BCUT2D eigenvalue weighted by atomic mass is 32.1. The number of Topliss-reactive ketones (excluding diaryl/α,β-unsaturated/α-hetero) is 1. The number of ketones is 1. The van der Waals surface area contributed by atoms with Gasteiger partial charge in [0.05, 0.1) is 16.6 Å². The van der Waals surface area contributed by atoms with Crippen LogP contribution in [0.2, 0.25) is 0 Å². The minimum atomic E-state index is -5.87. The molecule has 2 rings (SSSR count). The SMILES string of the molecule is O=C(Cc1nc2ccccc2s1)C(F)(F)C(F)(F)F. The van der Waals surface area contributed by atoms with Gasteiger partial charge >= 0.3 is 12.1 Å². The molecule has 0 aliphatic carbocycles. The van der Waals surface area contributed by atoms with Crippen molar-refractivity contribution < 1.29 is 26.7 Å². The standard InChI is InChI=1S/C11H6F5NOS/c12-10(13,11(14,15)16)8(18)5-9-17-6-3-1-2-4-7(6)19-9/h1-4H,5H2. The molecule has 0 bridgehead atoms. The highest BCUT2D eigenvalue weighted by Crippen LogP contribution is 2.37. The van der Waals surface area contributed by atoms with E-state index >= 15 is 0 Å². The summed E-state index contributed by atoms with van der Waals surface area (Å²) in [6, 6.07) is 6.55. The van der Waals surface area contributed by atoms with Crippen molar-refractivity contribution in [3.8, 4) is 0 Å². The summed E-state index contributed by atoms with van der Waals surface area (Å²) in [5, 5.41) is -0.0601. The Morgan fingerprint density at radius 3 is 2.37 bits per heavy atom. The molecule has 0 saturated heterocycles. The number of halogens is 5. The molecule has 0 aliphatic rings. The zero-order chi connectivity index (χ0) is 14.3. The Balaban J connectivity index is 2.24. The fourth-order valence-corrected chi connectivity index (χ4v) is 2.37. The molecule has 102 valence electrons. The number of fused-ring (bicyclic) bond motifs is 1. The van der Waals surface area contributed by atoms with E-state index in [9.17, 15) is 26.7 Å². The minimum absolute atomic E-state index is 0.0601. The molecular formula is C11H6F5NOS. The number of para-hydroxylation sites is 1. The highest BCUT2D eigenvalue weighted by molar-refractivity contribution is 7.18. The number of alkyl halides is 5. The van der Waals surface area contributed by atoms with Gasteiger partial charge in [0.2, 0.25) is 5.78 Å². The van der Waals surface area contributed by atoms with Crippen molar-refractivity contribution in [3.05, 3.63) is 29.3 Å². The maximum Gasteiger partial charge on any atom is 0.461 e. The Labute approximate surface area is 107 Å². The second-order valence-corrected chi connectivity index (χ2v) is 4.86. The van der Waals surface area contributed by atoms with Crippen molar-refractivity contribution >= 4 is 27.3 Å². The van der Waals surface area contributed by atoms with Gasteiger partial charge in [0.1, 0.15) is 5.01 Å². The number of hydrogen-bond donors (Lipinski definition) is 0. The molecule has 0 fully saturated rings.